The first-order chi connectivity index (χ1) is 12.4. The molecule has 1 fully saturated rings. The fourth-order valence-electron chi connectivity index (χ4n) is 3.38. The highest BCUT2D eigenvalue weighted by atomic mass is 16.2. The normalized spacial score (nSPS) is 19.9. The molecule has 1 saturated heterocycles. The van der Waals surface area contributed by atoms with Gasteiger partial charge in [-0.25, -0.2) is 0 Å². The van der Waals surface area contributed by atoms with Gasteiger partial charge in [-0.15, -0.1) is 0 Å². The molecule has 0 aliphatic carbocycles. The lowest BCUT2D eigenvalue weighted by Gasteiger charge is -2.14. The molecule has 0 unspecified atom stereocenters. The Morgan fingerprint density at radius 1 is 1.35 bits per heavy atom. The number of nitrogens with zero attached hydrogens (tertiary/aromatic N) is 3. The Kier molecular flexibility index (Phi) is 5.27. The summed E-state index contributed by atoms with van der Waals surface area (Å²) in [7, 11) is 3.51. The van der Waals surface area contributed by atoms with Crippen LogP contribution in [0.15, 0.2) is 24.3 Å². The average Bonchev–Trinajstić information content (AvgIpc) is 3.19. The van der Waals surface area contributed by atoms with E-state index in [2.05, 4.69) is 15.7 Å². The zero-order valence-corrected chi connectivity index (χ0v) is 15.8. The lowest BCUT2D eigenvalue weighted by Crippen LogP contribution is -2.36. The zero-order valence-electron chi connectivity index (χ0n) is 15.8. The molecule has 1 aliphatic rings. The Labute approximate surface area is 153 Å². The molecule has 2 heterocycles. The summed E-state index contributed by atoms with van der Waals surface area (Å²) < 4.78 is 1.88. The average molecular weight is 357 g/mol. The second-order valence-corrected chi connectivity index (χ2v) is 7.41. The van der Waals surface area contributed by atoms with Gasteiger partial charge >= 0.3 is 0 Å². The maximum Gasteiger partial charge on any atom is 0.272 e. The summed E-state index contributed by atoms with van der Waals surface area (Å²) >= 11 is 0. The SMILES string of the molecule is CC(C)n1nc(C(=O)N[C@@H]2CN[C@H](CC(=O)N(C)C)C2)c2ccccc21. The van der Waals surface area contributed by atoms with Crippen molar-refractivity contribution in [2.45, 2.75) is 44.8 Å². The van der Waals surface area contributed by atoms with Crippen LogP contribution < -0.4 is 10.6 Å². The third-order valence-electron chi connectivity index (χ3n) is 4.79. The molecule has 1 aromatic carbocycles. The molecule has 7 heteroatoms. The van der Waals surface area contributed by atoms with Crippen LogP contribution in [0.4, 0.5) is 0 Å². The zero-order chi connectivity index (χ0) is 18.8. The second-order valence-electron chi connectivity index (χ2n) is 7.41. The molecule has 2 amide bonds. The number of nitrogens with one attached hydrogen (secondary N) is 2. The lowest BCUT2D eigenvalue weighted by molar-refractivity contribution is -0.129. The minimum atomic E-state index is -0.160. The van der Waals surface area contributed by atoms with Crippen LogP contribution >= 0.6 is 0 Å². The number of hydrogen-bond donors (Lipinski definition) is 2. The first kappa shape index (κ1) is 18.4. The molecule has 1 aromatic heterocycles. The van der Waals surface area contributed by atoms with Gasteiger partial charge in [0, 0.05) is 50.6 Å². The summed E-state index contributed by atoms with van der Waals surface area (Å²) in [6.45, 7) is 4.77. The molecular weight excluding hydrogens is 330 g/mol. The van der Waals surface area contributed by atoms with Crippen molar-refractivity contribution >= 4 is 22.7 Å². The first-order valence-corrected chi connectivity index (χ1v) is 9.08. The molecule has 3 rings (SSSR count). The Morgan fingerprint density at radius 3 is 2.77 bits per heavy atom. The van der Waals surface area contributed by atoms with Crippen molar-refractivity contribution in [3.05, 3.63) is 30.0 Å². The molecule has 0 saturated carbocycles. The van der Waals surface area contributed by atoms with E-state index in [0.29, 0.717) is 18.7 Å². The van der Waals surface area contributed by atoms with Crippen molar-refractivity contribution < 1.29 is 9.59 Å². The number of carbonyl (C=O) groups is 2. The van der Waals surface area contributed by atoms with E-state index in [1.165, 1.54) is 0 Å². The van der Waals surface area contributed by atoms with Crippen LogP contribution in [0.25, 0.3) is 10.9 Å². The highest BCUT2D eigenvalue weighted by Crippen LogP contribution is 2.22. The van der Waals surface area contributed by atoms with Crippen LogP contribution in [-0.2, 0) is 4.79 Å². The van der Waals surface area contributed by atoms with E-state index in [0.717, 1.165) is 17.3 Å². The summed E-state index contributed by atoms with van der Waals surface area (Å²) in [6, 6.07) is 8.07. The molecule has 2 aromatic rings. The van der Waals surface area contributed by atoms with Gasteiger partial charge in [0.05, 0.1) is 5.52 Å². The number of rotatable bonds is 5. The summed E-state index contributed by atoms with van der Waals surface area (Å²) in [5, 5.41) is 11.8. The van der Waals surface area contributed by atoms with Crippen LogP contribution in [0.3, 0.4) is 0 Å². The lowest BCUT2D eigenvalue weighted by atomic mass is 10.1. The topological polar surface area (TPSA) is 79.3 Å². The molecule has 0 bridgehead atoms. The predicted molar refractivity (Wildman–Crippen MR) is 101 cm³/mol. The van der Waals surface area contributed by atoms with Gasteiger partial charge in [0.1, 0.15) is 0 Å². The van der Waals surface area contributed by atoms with E-state index < -0.39 is 0 Å². The fourth-order valence-corrected chi connectivity index (χ4v) is 3.38. The van der Waals surface area contributed by atoms with Crippen molar-refractivity contribution in [1.82, 2.24) is 25.3 Å². The van der Waals surface area contributed by atoms with Gasteiger partial charge in [0.15, 0.2) is 5.69 Å². The number of benzene rings is 1. The number of amides is 2. The maximum absolute atomic E-state index is 12.8. The van der Waals surface area contributed by atoms with Gasteiger partial charge in [0.25, 0.3) is 5.91 Å². The maximum atomic E-state index is 12.8. The van der Waals surface area contributed by atoms with Gasteiger partial charge in [-0.3, -0.25) is 14.3 Å². The summed E-state index contributed by atoms with van der Waals surface area (Å²) in [5.74, 6) is -0.0665. The Hall–Kier alpha value is -2.41. The van der Waals surface area contributed by atoms with Crippen LogP contribution in [0.1, 0.15) is 43.2 Å². The van der Waals surface area contributed by atoms with Gasteiger partial charge in [-0.2, -0.15) is 5.10 Å². The Bertz CT molecular complexity index is 811. The number of aromatic nitrogens is 2. The smallest absolute Gasteiger partial charge is 0.272 e. The summed E-state index contributed by atoms with van der Waals surface area (Å²) in [6.07, 6.45) is 1.19. The second kappa shape index (κ2) is 7.45. The minimum absolute atomic E-state index is 0.00502. The Balaban J connectivity index is 1.70. The van der Waals surface area contributed by atoms with E-state index in [1.54, 1.807) is 19.0 Å². The molecule has 2 atom stereocenters. The largest absolute Gasteiger partial charge is 0.349 e. The van der Waals surface area contributed by atoms with Crippen molar-refractivity contribution in [2.24, 2.45) is 0 Å². The van der Waals surface area contributed by atoms with Crippen molar-refractivity contribution in [3.63, 3.8) is 0 Å². The fraction of sp³-hybridized carbons (Fsp3) is 0.526. The molecule has 140 valence electrons. The number of para-hydroxylation sites is 1. The van der Waals surface area contributed by atoms with Crippen molar-refractivity contribution in [1.29, 1.82) is 0 Å². The van der Waals surface area contributed by atoms with Crippen LogP contribution in [0, 0.1) is 0 Å². The first-order valence-electron chi connectivity index (χ1n) is 9.08. The van der Waals surface area contributed by atoms with Crippen LogP contribution in [0.5, 0.6) is 0 Å². The monoisotopic (exact) mass is 357 g/mol. The minimum Gasteiger partial charge on any atom is -0.349 e. The van der Waals surface area contributed by atoms with Crippen LogP contribution in [-0.4, -0.2) is 59.2 Å². The van der Waals surface area contributed by atoms with E-state index in [1.807, 2.05) is 42.8 Å². The summed E-state index contributed by atoms with van der Waals surface area (Å²) in [4.78, 5) is 26.2. The quantitative estimate of drug-likeness (QED) is 0.851. The third-order valence-corrected chi connectivity index (χ3v) is 4.79. The van der Waals surface area contributed by atoms with Gasteiger partial charge < -0.3 is 15.5 Å². The molecule has 26 heavy (non-hydrogen) atoms. The van der Waals surface area contributed by atoms with E-state index in [9.17, 15) is 9.59 Å². The van der Waals surface area contributed by atoms with Crippen LogP contribution in [0.2, 0.25) is 0 Å². The molecule has 1 aliphatic heterocycles. The number of carbonyl (C=O) groups excluding carboxylic acids is 2. The van der Waals surface area contributed by atoms with Gasteiger partial charge in [-0.1, -0.05) is 18.2 Å². The number of fused-ring (bicyclic) bond motifs is 1. The van der Waals surface area contributed by atoms with E-state index in [4.69, 9.17) is 0 Å². The molecular formula is C19H27N5O2. The summed E-state index contributed by atoms with van der Waals surface area (Å²) in [5.41, 5.74) is 1.42. The molecule has 2 N–H and O–H groups in total. The van der Waals surface area contributed by atoms with Gasteiger partial charge in [-0.05, 0) is 26.3 Å². The molecule has 7 nitrogen and oxygen atoms in total. The predicted octanol–water partition coefficient (Wildman–Crippen LogP) is 1.56. The van der Waals surface area contributed by atoms with E-state index >= 15 is 0 Å². The molecule has 0 radical (unpaired) electrons. The molecule has 0 spiro atoms. The number of hydrogen-bond acceptors (Lipinski definition) is 4. The Morgan fingerprint density at radius 2 is 2.08 bits per heavy atom. The highest BCUT2D eigenvalue weighted by Gasteiger charge is 2.29. The van der Waals surface area contributed by atoms with E-state index in [-0.39, 0.29) is 29.9 Å². The van der Waals surface area contributed by atoms with Gasteiger partial charge in [0.2, 0.25) is 5.91 Å². The van der Waals surface area contributed by atoms with Crippen molar-refractivity contribution in [2.75, 3.05) is 20.6 Å². The van der Waals surface area contributed by atoms with Crippen molar-refractivity contribution in [3.8, 4) is 0 Å². The third kappa shape index (κ3) is 3.72. The highest BCUT2D eigenvalue weighted by molar-refractivity contribution is 6.05. The standard InChI is InChI=1S/C19H27N5O2/c1-12(2)24-16-8-6-5-7-15(16)18(22-24)19(26)21-14-9-13(20-11-14)10-17(25)23(3)4/h5-8,12-14,20H,9-11H2,1-4H3,(H,21,26)/t13-,14-/m0/s1.